The summed E-state index contributed by atoms with van der Waals surface area (Å²) in [5.74, 6) is 0.330. The van der Waals surface area contributed by atoms with Gasteiger partial charge in [-0.05, 0) is 31.2 Å². The maximum Gasteiger partial charge on any atom is 0.254 e. The van der Waals surface area contributed by atoms with Gasteiger partial charge in [0.2, 0.25) is 5.82 Å². The lowest BCUT2D eigenvalue weighted by Crippen LogP contribution is -2.47. The first-order chi connectivity index (χ1) is 9.45. The molecule has 7 heteroatoms. The van der Waals surface area contributed by atoms with Crippen molar-refractivity contribution in [2.75, 3.05) is 13.7 Å². The number of amides is 1. The van der Waals surface area contributed by atoms with Crippen LogP contribution in [-0.2, 0) is 0 Å². The molecule has 0 saturated carbocycles. The van der Waals surface area contributed by atoms with Crippen LogP contribution in [-0.4, -0.2) is 55.7 Å². The fourth-order valence-electron chi connectivity index (χ4n) is 1.62. The third kappa shape index (κ3) is 2.67. The summed E-state index contributed by atoms with van der Waals surface area (Å²) < 4.78 is 0. The standard InChI is InChI=1S/C13H17N5O2/c1-13(2,8-19)18(3)12(20)10-6-4-9(5-7-10)11-14-16-17-15-11/h4-7,19H,8H2,1-3H3,(H,14,15,16,17). The number of aromatic amines is 1. The highest BCUT2D eigenvalue weighted by Gasteiger charge is 2.27. The number of aliphatic hydroxyl groups excluding tert-OH is 1. The number of hydrogen-bond acceptors (Lipinski definition) is 5. The van der Waals surface area contributed by atoms with Crippen LogP contribution in [0.25, 0.3) is 11.4 Å². The molecule has 1 aromatic carbocycles. The van der Waals surface area contributed by atoms with E-state index in [1.54, 1.807) is 45.2 Å². The van der Waals surface area contributed by atoms with Crippen LogP contribution in [0.3, 0.4) is 0 Å². The zero-order valence-corrected chi connectivity index (χ0v) is 11.7. The number of tetrazole rings is 1. The van der Waals surface area contributed by atoms with Crippen molar-refractivity contribution in [2.45, 2.75) is 19.4 Å². The van der Waals surface area contributed by atoms with E-state index in [0.717, 1.165) is 5.56 Å². The van der Waals surface area contributed by atoms with Crippen LogP contribution in [0.1, 0.15) is 24.2 Å². The largest absolute Gasteiger partial charge is 0.394 e. The van der Waals surface area contributed by atoms with Gasteiger partial charge in [0.15, 0.2) is 0 Å². The third-order valence-electron chi connectivity index (χ3n) is 3.33. The SMILES string of the molecule is CN(C(=O)c1ccc(-c2nn[nH]n2)cc1)C(C)(C)CO. The monoisotopic (exact) mass is 275 g/mol. The molecule has 0 spiro atoms. The van der Waals surface area contributed by atoms with Crippen molar-refractivity contribution >= 4 is 5.91 Å². The molecular formula is C13H17N5O2. The number of hydrogen-bond donors (Lipinski definition) is 2. The van der Waals surface area contributed by atoms with Gasteiger partial charge in [0.25, 0.3) is 5.91 Å². The highest BCUT2D eigenvalue weighted by molar-refractivity contribution is 5.94. The number of H-pyrrole nitrogens is 1. The lowest BCUT2D eigenvalue weighted by molar-refractivity contribution is 0.0473. The normalized spacial score (nSPS) is 11.4. The highest BCUT2D eigenvalue weighted by Crippen LogP contribution is 2.18. The van der Waals surface area contributed by atoms with Crippen molar-refractivity contribution in [3.63, 3.8) is 0 Å². The number of carbonyl (C=O) groups is 1. The minimum atomic E-state index is -0.608. The summed E-state index contributed by atoms with van der Waals surface area (Å²) >= 11 is 0. The molecule has 0 radical (unpaired) electrons. The minimum Gasteiger partial charge on any atom is -0.394 e. The van der Waals surface area contributed by atoms with Crippen LogP contribution in [0, 0.1) is 0 Å². The van der Waals surface area contributed by atoms with Gasteiger partial charge in [-0.3, -0.25) is 4.79 Å². The van der Waals surface area contributed by atoms with E-state index in [9.17, 15) is 9.90 Å². The molecule has 1 heterocycles. The fourth-order valence-corrected chi connectivity index (χ4v) is 1.62. The maximum atomic E-state index is 12.3. The van der Waals surface area contributed by atoms with E-state index in [1.807, 2.05) is 0 Å². The first-order valence-corrected chi connectivity index (χ1v) is 6.18. The molecule has 0 aliphatic heterocycles. The van der Waals surface area contributed by atoms with Gasteiger partial charge in [-0.1, -0.05) is 12.1 Å². The van der Waals surface area contributed by atoms with Crippen molar-refractivity contribution < 1.29 is 9.90 Å². The number of rotatable bonds is 4. The quantitative estimate of drug-likeness (QED) is 0.856. The van der Waals surface area contributed by atoms with Gasteiger partial charge in [-0.2, -0.15) is 5.21 Å². The summed E-state index contributed by atoms with van der Waals surface area (Å²) in [5.41, 5.74) is 0.712. The molecule has 0 atom stereocenters. The molecule has 0 fully saturated rings. The molecule has 106 valence electrons. The van der Waals surface area contributed by atoms with E-state index in [-0.39, 0.29) is 12.5 Å². The number of aliphatic hydroxyl groups is 1. The molecule has 1 aromatic heterocycles. The Bertz CT molecular complexity index is 577. The summed E-state index contributed by atoms with van der Waals surface area (Å²) in [4.78, 5) is 13.8. The molecule has 0 saturated heterocycles. The van der Waals surface area contributed by atoms with Crippen molar-refractivity contribution in [1.29, 1.82) is 0 Å². The number of carbonyl (C=O) groups excluding carboxylic acids is 1. The average molecular weight is 275 g/mol. The number of likely N-dealkylation sites (N-methyl/N-ethyl adjacent to an activating group) is 1. The van der Waals surface area contributed by atoms with Crippen LogP contribution in [0.5, 0.6) is 0 Å². The summed E-state index contributed by atoms with van der Waals surface area (Å²) in [7, 11) is 1.67. The summed E-state index contributed by atoms with van der Waals surface area (Å²) in [6.45, 7) is 3.51. The van der Waals surface area contributed by atoms with Gasteiger partial charge >= 0.3 is 0 Å². The number of nitrogens with zero attached hydrogens (tertiary/aromatic N) is 4. The Morgan fingerprint density at radius 1 is 1.35 bits per heavy atom. The van der Waals surface area contributed by atoms with E-state index >= 15 is 0 Å². The predicted molar refractivity (Wildman–Crippen MR) is 72.9 cm³/mol. The van der Waals surface area contributed by atoms with Gasteiger partial charge in [-0.25, -0.2) is 0 Å². The number of benzene rings is 1. The second-order valence-corrected chi connectivity index (χ2v) is 5.15. The molecule has 2 N–H and O–H groups in total. The zero-order valence-electron chi connectivity index (χ0n) is 11.7. The molecule has 20 heavy (non-hydrogen) atoms. The Morgan fingerprint density at radius 2 is 2.00 bits per heavy atom. The first-order valence-electron chi connectivity index (χ1n) is 6.18. The van der Waals surface area contributed by atoms with Crippen molar-refractivity contribution in [3.05, 3.63) is 29.8 Å². The van der Waals surface area contributed by atoms with Crippen molar-refractivity contribution in [3.8, 4) is 11.4 Å². The van der Waals surface area contributed by atoms with Crippen LogP contribution >= 0.6 is 0 Å². The molecule has 2 rings (SSSR count). The molecular weight excluding hydrogens is 258 g/mol. The lowest BCUT2D eigenvalue weighted by atomic mass is 10.0. The van der Waals surface area contributed by atoms with Crippen LogP contribution in [0.4, 0.5) is 0 Å². The van der Waals surface area contributed by atoms with Crippen molar-refractivity contribution in [2.24, 2.45) is 0 Å². The first kappa shape index (κ1) is 14.1. The van der Waals surface area contributed by atoms with Gasteiger partial charge < -0.3 is 10.0 Å². The van der Waals surface area contributed by atoms with E-state index in [0.29, 0.717) is 11.4 Å². The Morgan fingerprint density at radius 3 is 2.50 bits per heavy atom. The number of aromatic nitrogens is 4. The Labute approximate surface area is 116 Å². The summed E-state index contributed by atoms with van der Waals surface area (Å²) in [6.07, 6.45) is 0. The molecule has 0 aliphatic rings. The molecule has 7 nitrogen and oxygen atoms in total. The van der Waals surface area contributed by atoms with Crippen LogP contribution in [0.15, 0.2) is 24.3 Å². The summed E-state index contributed by atoms with van der Waals surface area (Å²) in [6, 6.07) is 6.94. The predicted octanol–water partition coefficient (Wildman–Crippen LogP) is 0.710. The van der Waals surface area contributed by atoms with Gasteiger partial charge in [-0.15, -0.1) is 10.2 Å². The second-order valence-electron chi connectivity index (χ2n) is 5.15. The average Bonchev–Trinajstić information content (AvgIpc) is 3.00. The molecule has 1 amide bonds. The zero-order chi connectivity index (χ0) is 14.8. The maximum absolute atomic E-state index is 12.3. The van der Waals surface area contributed by atoms with Crippen LogP contribution in [0.2, 0.25) is 0 Å². The van der Waals surface area contributed by atoms with E-state index in [2.05, 4.69) is 20.6 Å². The van der Waals surface area contributed by atoms with E-state index < -0.39 is 5.54 Å². The van der Waals surface area contributed by atoms with Crippen LogP contribution < -0.4 is 0 Å². The number of nitrogens with one attached hydrogen (secondary N) is 1. The van der Waals surface area contributed by atoms with Gasteiger partial charge in [0.1, 0.15) is 0 Å². The van der Waals surface area contributed by atoms with Gasteiger partial charge in [0, 0.05) is 18.2 Å². The Hall–Kier alpha value is -2.28. The minimum absolute atomic E-state index is 0.101. The van der Waals surface area contributed by atoms with E-state index in [4.69, 9.17) is 0 Å². The molecule has 0 unspecified atom stereocenters. The smallest absolute Gasteiger partial charge is 0.254 e. The van der Waals surface area contributed by atoms with Gasteiger partial charge in [0.05, 0.1) is 12.1 Å². The van der Waals surface area contributed by atoms with Crippen molar-refractivity contribution in [1.82, 2.24) is 25.5 Å². The molecule has 0 bridgehead atoms. The lowest BCUT2D eigenvalue weighted by Gasteiger charge is -2.34. The third-order valence-corrected chi connectivity index (χ3v) is 3.33. The fraction of sp³-hybridized carbons (Fsp3) is 0.385. The Balaban J connectivity index is 2.20. The Kier molecular flexibility index (Phi) is 3.80. The molecule has 2 aromatic rings. The summed E-state index contributed by atoms with van der Waals surface area (Å²) in [5, 5.41) is 22.9. The highest BCUT2D eigenvalue weighted by atomic mass is 16.3. The van der Waals surface area contributed by atoms with E-state index in [1.165, 1.54) is 4.90 Å². The second kappa shape index (κ2) is 5.38. The topological polar surface area (TPSA) is 95.0 Å². The molecule has 0 aliphatic carbocycles.